The van der Waals surface area contributed by atoms with Gasteiger partial charge in [-0.15, -0.1) is 0 Å². The zero-order chi connectivity index (χ0) is 10.7. The predicted molar refractivity (Wildman–Crippen MR) is 51.4 cm³/mol. The van der Waals surface area contributed by atoms with Gasteiger partial charge in [0.05, 0.1) is 18.5 Å². The van der Waals surface area contributed by atoms with E-state index in [-0.39, 0.29) is 17.5 Å². The van der Waals surface area contributed by atoms with E-state index in [4.69, 9.17) is 5.26 Å². The largest absolute Gasteiger partial charge is 0.345 e. The lowest BCUT2D eigenvalue weighted by Gasteiger charge is -2.11. The topological polar surface area (TPSA) is 63.6 Å². The average Bonchev–Trinajstić information content (AvgIpc) is 2.44. The summed E-state index contributed by atoms with van der Waals surface area (Å²) in [5.41, 5.74) is -0.175. The van der Waals surface area contributed by atoms with Crippen molar-refractivity contribution in [2.45, 2.75) is 20.4 Å². The van der Waals surface area contributed by atoms with E-state index in [2.05, 4.69) is 11.2 Å². The molecule has 1 atom stereocenters. The molecule has 0 saturated heterocycles. The van der Waals surface area contributed by atoms with E-state index in [0.717, 1.165) is 0 Å². The van der Waals surface area contributed by atoms with Gasteiger partial charge in [0.15, 0.2) is 0 Å². The van der Waals surface area contributed by atoms with Gasteiger partial charge >= 0.3 is 5.69 Å². The van der Waals surface area contributed by atoms with E-state index >= 15 is 0 Å². The van der Waals surface area contributed by atoms with Gasteiger partial charge < -0.3 is 0 Å². The van der Waals surface area contributed by atoms with Crippen molar-refractivity contribution >= 4 is 0 Å². The van der Waals surface area contributed by atoms with Crippen LogP contribution in [0, 0.1) is 23.2 Å². The van der Waals surface area contributed by atoms with Crippen LogP contribution in [-0.4, -0.2) is 14.3 Å². The Morgan fingerprint density at radius 2 is 2.29 bits per heavy atom. The molecule has 0 aliphatic carbocycles. The van der Waals surface area contributed by atoms with Crippen LogP contribution < -0.4 is 5.69 Å². The van der Waals surface area contributed by atoms with Crippen molar-refractivity contribution in [1.82, 2.24) is 14.3 Å². The molecule has 1 aromatic rings. The summed E-state index contributed by atoms with van der Waals surface area (Å²) in [4.78, 5) is 11.4. The maximum absolute atomic E-state index is 11.4. The van der Waals surface area contributed by atoms with E-state index in [1.165, 1.54) is 15.6 Å². The lowest BCUT2D eigenvalue weighted by molar-refractivity contribution is 0.387. The Kier molecular flexibility index (Phi) is 3.07. The molecule has 1 rings (SSSR count). The van der Waals surface area contributed by atoms with Crippen LogP contribution in [0.25, 0.3) is 0 Å². The van der Waals surface area contributed by atoms with Gasteiger partial charge in [-0.05, 0) is 5.92 Å². The van der Waals surface area contributed by atoms with Crippen molar-refractivity contribution in [3.05, 3.63) is 16.8 Å². The quantitative estimate of drug-likeness (QED) is 0.698. The number of rotatable bonds is 3. The molecular formula is C9H14N4O. The van der Waals surface area contributed by atoms with Crippen LogP contribution in [-0.2, 0) is 13.6 Å². The highest BCUT2D eigenvalue weighted by molar-refractivity contribution is 4.85. The average molecular weight is 194 g/mol. The monoisotopic (exact) mass is 194 g/mol. The molecule has 1 aromatic heterocycles. The van der Waals surface area contributed by atoms with Crippen LogP contribution in [0.3, 0.4) is 0 Å². The molecule has 0 saturated carbocycles. The molecule has 0 aliphatic rings. The summed E-state index contributed by atoms with van der Waals surface area (Å²) < 4.78 is 2.72. The van der Waals surface area contributed by atoms with Gasteiger partial charge in [0.25, 0.3) is 0 Å². The van der Waals surface area contributed by atoms with E-state index in [1.807, 2.05) is 13.8 Å². The SMILES string of the molecule is CC(C)C(C#N)Cn1ncn(C)c1=O. The van der Waals surface area contributed by atoms with Gasteiger partial charge in [-0.1, -0.05) is 13.8 Å². The highest BCUT2D eigenvalue weighted by atomic mass is 16.2. The second kappa shape index (κ2) is 4.09. The summed E-state index contributed by atoms with van der Waals surface area (Å²) in [6, 6.07) is 2.18. The highest BCUT2D eigenvalue weighted by Crippen LogP contribution is 2.10. The molecule has 0 bridgehead atoms. The van der Waals surface area contributed by atoms with Gasteiger partial charge in [-0.2, -0.15) is 10.4 Å². The second-order valence-corrected chi connectivity index (χ2v) is 3.69. The predicted octanol–water partition coefficient (Wildman–Crippen LogP) is 0.378. The highest BCUT2D eigenvalue weighted by Gasteiger charge is 2.15. The maximum Gasteiger partial charge on any atom is 0.345 e. The van der Waals surface area contributed by atoms with E-state index in [1.54, 1.807) is 7.05 Å². The number of aromatic nitrogens is 3. The summed E-state index contributed by atoms with van der Waals surface area (Å²) in [6.07, 6.45) is 1.46. The van der Waals surface area contributed by atoms with Crippen LogP contribution in [0.1, 0.15) is 13.8 Å². The van der Waals surface area contributed by atoms with E-state index < -0.39 is 0 Å². The molecule has 1 heterocycles. The van der Waals surface area contributed by atoms with Gasteiger partial charge in [0, 0.05) is 7.05 Å². The molecule has 0 N–H and O–H groups in total. The second-order valence-electron chi connectivity index (χ2n) is 3.69. The fraction of sp³-hybridized carbons (Fsp3) is 0.667. The zero-order valence-corrected chi connectivity index (χ0v) is 8.64. The van der Waals surface area contributed by atoms with Crippen molar-refractivity contribution in [1.29, 1.82) is 5.26 Å². The Morgan fingerprint density at radius 3 is 2.64 bits per heavy atom. The summed E-state index contributed by atoms with van der Waals surface area (Å²) in [5.74, 6) is 0.0662. The van der Waals surface area contributed by atoms with E-state index in [9.17, 15) is 4.79 Å². The Morgan fingerprint density at radius 1 is 1.64 bits per heavy atom. The fourth-order valence-electron chi connectivity index (χ4n) is 1.13. The molecule has 0 aromatic carbocycles. The summed E-state index contributed by atoms with van der Waals surface area (Å²) >= 11 is 0. The Bertz CT molecular complexity index is 396. The van der Waals surface area contributed by atoms with Crippen LogP contribution in [0.2, 0.25) is 0 Å². The molecule has 0 spiro atoms. The maximum atomic E-state index is 11.4. The van der Waals surface area contributed by atoms with Crippen molar-refractivity contribution in [2.75, 3.05) is 0 Å². The third-order valence-corrected chi connectivity index (χ3v) is 2.23. The standard InChI is InChI=1S/C9H14N4O/c1-7(2)8(4-10)5-13-9(14)12(3)6-11-13/h6-8H,5H2,1-3H3. The van der Waals surface area contributed by atoms with Gasteiger partial charge in [-0.3, -0.25) is 4.57 Å². The van der Waals surface area contributed by atoms with Crippen molar-refractivity contribution in [2.24, 2.45) is 18.9 Å². The van der Waals surface area contributed by atoms with Crippen LogP contribution in [0.4, 0.5) is 0 Å². The molecule has 0 fully saturated rings. The molecule has 76 valence electrons. The van der Waals surface area contributed by atoms with Gasteiger partial charge in [0.2, 0.25) is 0 Å². The van der Waals surface area contributed by atoms with Crippen LogP contribution in [0.5, 0.6) is 0 Å². The number of nitrogens with zero attached hydrogens (tertiary/aromatic N) is 4. The lowest BCUT2D eigenvalue weighted by Crippen LogP contribution is -2.27. The first-order valence-electron chi connectivity index (χ1n) is 4.54. The summed E-state index contributed by atoms with van der Waals surface area (Å²) in [6.45, 7) is 4.29. The molecule has 14 heavy (non-hydrogen) atoms. The Hall–Kier alpha value is -1.57. The van der Waals surface area contributed by atoms with Crippen molar-refractivity contribution in [3.8, 4) is 6.07 Å². The molecule has 1 unspecified atom stereocenters. The zero-order valence-electron chi connectivity index (χ0n) is 8.64. The molecule has 5 heteroatoms. The first kappa shape index (κ1) is 10.5. The smallest absolute Gasteiger partial charge is 0.285 e. The molecule has 0 aliphatic heterocycles. The molecular weight excluding hydrogens is 180 g/mol. The van der Waals surface area contributed by atoms with Crippen molar-refractivity contribution < 1.29 is 0 Å². The number of hydrogen-bond acceptors (Lipinski definition) is 3. The minimum absolute atomic E-state index is 0.164. The number of hydrogen-bond donors (Lipinski definition) is 0. The fourth-order valence-corrected chi connectivity index (χ4v) is 1.13. The number of nitriles is 1. The van der Waals surface area contributed by atoms with Crippen molar-refractivity contribution in [3.63, 3.8) is 0 Å². The minimum atomic E-state index is -0.175. The van der Waals surface area contributed by atoms with Crippen LogP contribution >= 0.6 is 0 Å². The minimum Gasteiger partial charge on any atom is -0.285 e. The summed E-state index contributed by atoms with van der Waals surface area (Å²) in [7, 11) is 1.64. The normalized spacial score (nSPS) is 12.8. The third-order valence-electron chi connectivity index (χ3n) is 2.23. The Labute approximate surface area is 82.6 Å². The van der Waals surface area contributed by atoms with Gasteiger partial charge in [-0.25, -0.2) is 9.48 Å². The first-order chi connectivity index (χ1) is 6.56. The molecule has 0 radical (unpaired) electrons. The third kappa shape index (κ3) is 2.02. The lowest BCUT2D eigenvalue weighted by atomic mass is 9.98. The first-order valence-corrected chi connectivity index (χ1v) is 4.54. The summed E-state index contributed by atoms with van der Waals surface area (Å²) in [5, 5.41) is 12.8. The molecule has 5 nitrogen and oxygen atoms in total. The Balaban J connectivity index is 2.84. The van der Waals surface area contributed by atoms with E-state index in [0.29, 0.717) is 6.54 Å². The molecule has 0 amide bonds. The van der Waals surface area contributed by atoms with Gasteiger partial charge in [0.1, 0.15) is 6.33 Å². The number of aryl methyl sites for hydroxylation is 1. The van der Waals surface area contributed by atoms with Crippen LogP contribution in [0.15, 0.2) is 11.1 Å².